The molecule has 3 heterocycles. The van der Waals surface area contributed by atoms with Crippen LogP contribution in [-0.4, -0.2) is 22.6 Å². The number of anilines is 2. The monoisotopic (exact) mass is 335 g/mol. The predicted molar refractivity (Wildman–Crippen MR) is 104 cm³/mol. The second-order valence-electron chi connectivity index (χ2n) is 6.36. The number of aromatic nitrogens is 2. The molecule has 0 radical (unpaired) electrons. The van der Waals surface area contributed by atoms with Crippen LogP contribution in [0.1, 0.15) is 29.7 Å². The molecular formula is C20H25N5. The lowest BCUT2D eigenvalue weighted by atomic mass is 9.96. The van der Waals surface area contributed by atoms with Gasteiger partial charge in [0.15, 0.2) is 0 Å². The van der Waals surface area contributed by atoms with Gasteiger partial charge in [-0.05, 0) is 62.1 Å². The molecule has 0 spiro atoms. The summed E-state index contributed by atoms with van der Waals surface area (Å²) in [5.74, 6) is 2.48. The number of nitrogens with one attached hydrogen (secondary N) is 1. The Bertz CT molecular complexity index is 766. The first-order valence-electron chi connectivity index (χ1n) is 8.62. The largest absolute Gasteiger partial charge is 0.330 e. The number of aryl methyl sites for hydroxylation is 2. The normalized spacial score (nSPS) is 16.2. The molecule has 1 aliphatic heterocycles. The van der Waals surface area contributed by atoms with Crippen LogP contribution in [0.5, 0.6) is 0 Å². The molecule has 0 amide bonds. The molecule has 0 saturated heterocycles. The van der Waals surface area contributed by atoms with Gasteiger partial charge in [-0.1, -0.05) is 25.3 Å². The molecule has 25 heavy (non-hydrogen) atoms. The number of pyridine rings is 2. The van der Waals surface area contributed by atoms with Crippen LogP contribution < -0.4 is 16.0 Å². The van der Waals surface area contributed by atoms with Crippen molar-refractivity contribution < 1.29 is 0 Å². The molecule has 3 N–H and O–H groups in total. The van der Waals surface area contributed by atoms with Gasteiger partial charge in [0.1, 0.15) is 17.5 Å². The highest BCUT2D eigenvalue weighted by atomic mass is 15.3. The zero-order chi connectivity index (χ0) is 17.8. The average molecular weight is 335 g/mol. The molecular weight excluding hydrogens is 310 g/mol. The zero-order valence-electron chi connectivity index (χ0n) is 14.7. The molecule has 1 aliphatic rings. The van der Waals surface area contributed by atoms with Crippen LogP contribution >= 0.6 is 0 Å². The van der Waals surface area contributed by atoms with Crippen LogP contribution in [-0.2, 0) is 6.42 Å². The van der Waals surface area contributed by atoms with Crippen LogP contribution in [0.4, 0.5) is 11.6 Å². The van der Waals surface area contributed by atoms with Gasteiger partial charge in [0.05, 0.1) is 5.69 Å². The van der Waals surface area contributed by atoms with E-state index in [4.69, 9.17) is 10.7 Å². The standard InChI is InChI=1S/C20H25N5/c1-4-17-8-6-16-7-9-18(11-12-21)25(20(16)24-17)15(3)23-19-10-5-14(2)13-22-19/h4-6,8,10,13,18H,1,3,7,9,11-12,21H2,2H3,(H,22,23). The lowest BCUT2D eigenvalue weighted by molar-refractivity contribution is 0.524. The van der Waals surface area contributed by atoms with E-state index in [2.05, 4.69) is 34.4 Å². The van der Waals surface area contributed by atoms with E-state index in [9.17, 15) is 0 Å². The Morgan fingerprint density at radius 1 is 1.40 bits per heavy atom. The van der Waals surface area contributed by atoms with Crippen molar-refractivity contribution in [3.8, 4) is 0 Å². The number of nitrogens with zero attached hydrogens (tertiary/aromatic N) is 3. The van der Waals surface area contributed by atoms with E-state index in [-0.39, 0.29) is 6.04 Å². The summed E-state index contributed by atoms with van der Waals surface area (Å²) in [6.07, 6.45) is 6.52. The average Bonchev–Trinajstić information content (AvgIpc) is 2.63. The molecule has 2 aromatic rings. The van der Waals surface area contributed by atoms with E-state index in [0.29, 0.717) is 6.54 Å². The summed E-state index contributed by atoms with van der Waals surface area (Å²) in [4.78, 5) is 11.3. The van der Waals surface area contributed by atoms with Crippen LogP contribution in [0.25, 0.3) is 6.08 Å². The third-order valence-corrected chi connectivity index (χ3v) is 4.50. The Labute approximate surface area is 149 Å². The molecule has 5 nitrogen and oxygen atoms in total. The van der Waals surface area contributed by atoms with Crippen LogP contribution in [0.3, 0.4) is 0 Å². The topological polar surface area (TPSA) is 67.1 Å². The molecule has 130 valence electrons. The maximum Gasteiger partial charge on any atom is 0.138 e. The fourth-order valence-corrected chi connectivity index (χ4v) is 3.20. The summed E-state index contributed by atoms with van der Waals surface area (Å²) in [5.41, 5.74) is 9.04. The number of fused-ring (bicyclic) bond motifs is 1. The van der Waals surface area contributed by atoms with Crippen molar-refractivity contribution in [2.75, 3.05) is 16.8 Å². The fourth-order valence-electron chi connectivity index (χ4n) is 3.20. The second-order valence-corrected chi connectivity index (χ2v) is 6.36. The van der Waals surface area contributed by atoms with Crippen molar-refractivity contribution in [2.45, 2.75) is 32.2 Å². The zero-order valence-corrected chi connectivity index (χ0v) is 14.7. The van der Waals surface area contributed by atoms with Gasteiger partial charge >= 0.3 is 0 Å². The van der Waals surface area contributed by atoms with Crippen molar-refractivity contribution in [2.24, 2.45) is 5.73 Å². The first kappa shape index (κ1) is 17.2. The molecule has 1 atom stereocenters. The molecule has 0 aliphatic carbocycles. The van der Waals surface area contributed by atoms with Gasteiger partial charge in [-0.2, -0.15) is 0 Å². The molecule has 2 aromatic heterocycles. The minimum Gasteiger partial charge on any atom is -0.330 e. The Morgan fingerprint density at radius 3 is 2.92 bits per heavy atom. The van der Waals surface area contributed by atoms with Gasteiger partial charge in [0, 0.05) is 12.2 Å². The summed E-state index contributed by atoms with van der Waals surface area (Å²) in [7, 11) is 0. The minimum atomic E-state index is 0.274. The van der Waals surface area contributed by atoms with E-state index < -0.39 is 0 Å². The van der Waals surface area contributed by atoms with Crippen molar-refractivity contribution >= 4 is 17.7 Å². The Kier molecular flexibility index (Phi) is 5.14. The minimum absolute atomic E-state index is 0.274. The van der Waals surface area contributed by atoms with E-state index in [1.807, 2.05) is 31.3 Å². The highest BCUT2D eigenvalue weighted by molar-refractivity contribution is 5.61. The molecule has 0 aromatic carbocycles. The number of rotatable bonds is 6. The lowest BCUT2D eigenvalue weighted by Gasteiger charge is -2.39. The predicted octanol–water partition coefficient (Wildman–Crippen LogP) is 3.48. The quantitative estimate of drug-likeness (QED) is 0.846. The third-order valence-electron chi connectivity index (χ3n) is 4.50. The molecule has 1 unspecified atom stereocenters. The SMILES string of the molecule is C=Cc1ccc2c(n1)N(C(=C)Nc1ccc(C)cn1)C(CCN)CC2. The third kappa shape index (κ3) is 3.72. The van der Waals surface area contributed by atoms with Crippen LogP contribution in [0, 0.1) is 6.92 Å². The summed E-state index contributed by atoms with van der Waals surface area (Å²) < 4.78 is 0. The molecule has 0 fully saturated rings. The van der Waals surface area contributed by atoms with Crippen molar-refractivity contribution in [1.82, 2.24) is 9.97 Å². The molecule has 0 bridgehead atoms. The van der Waals surface area contributed by atoms with E-state index in [0.717, 1.165) is 48.0 Å². The van der Waals surface area contributed by atoms with Gasteiger partial charge in [0.25, 0.3) is 0 Å². The maximum atomic E-state index is 5.84. The van der Waals surface area contributed by atoms with Gasteiger partial charge in [-0.25, -0.2) is 9.97 Å². The molecule has 3 rings (SSSR count). The van der Waals surface area contributed by atoms with Crippen molar-refractivity contribution in [3.63, 3.8) is 0 Å². The first-order valence-corrected chi connectivity index (χ1v) is 8.62. The Morgan fingerprint density at radius 2 is 2.24 bits per heavy atom. The van der Waals surface area contributed by atoms with Crippen LogP contribution in [0.2, 0.25) is 0 Å². The highest BCUT2D eigenvalue weighted by Gasteiger charge is 2.29. The van der Waals surface area contributed by atoms with Crippen molar-refractivity contribution in [3.05, 3.63) is 66.3 Å². The summed E-state index contributed by atoms with van der Waals surface area (Å²) in [6, 6.07) is 8.39. The lowest BCUT2D eigenvalue weighted by Crippen LogP contribution is -2.42. The van der Waals surface area contributed by atoms with Gasteiger partial charge in [0.2, 0.25) is 0 Å². The highest BCUT2D eigenvalue weighted by Crippen LogP contribution is 2.33. The molecule has 5 heteroatoms. The Hall–Kier alpha value is -2.66. The first-order chi connectivity index (χ1) is 12.1. The van der Waals surface area contributed by atoms with E-state index in [1.165, 1.54) is 5.56 Å². The van der Waals surface area contributed by atoms with Crippen LogP contribution in [0.15, 0.2) is 49.4 Å². The maximum absolute atomic E-state index is 5.84. The smallest absolute Gasteiger partial charge is 0.138 e. The second kappa shape index (κ2) is 7.49. The summed E-state index contributed by atoms with van der Waals surface area (Å²) >= 11 is 0. The van der Waals surface area contributed by atoms with Crippen molar-refractivity contribution in [1.29, 1.82) is 0 Å². The Balaban J connectivity index is 1.93. The summed E-state index contributed by atoms with van der Waals surface area (Å²) in [6.45, 7) is 10.7. The van der Waals surface area contributed by atoms with E-state index >= 15 is 0 Å². The fraction of sp³-hybridized carbons (Fsp3) is 0.300. The summed E-state index contributed by atoms with van der Waals surface area (Å²) in [5, 5.41) is 3.32. The number of nitrogens with two attached hydrogens (primary N) is 1. The van der Waals surface area contributed by atoms with E-state index in [1.54, 1.807) is 6.08 Å². The van der Waals surface area contributed by atoms with Gasteiger partial charge in [-0.15, -0.1) is 0 Å². The van der Waals surface area contributed by atoms with Gasteiger partial charge < -0.3 is 16.0 Å². The van der Waals surface area contributed by atoms with Gasteiger partial charge in [-0.3, -0.25) is 0 Å². The molecule has 0 saturated carbocycles. The number of hydrogen-bond acceptors (Lipinski definition) is 5. The number of hydrogen-bond donors (Lipinski definition) is 2.